The van der Waals surface area contributed by atoms with Gasteiger partial charge < -0.3 is 9.47 Å². The zero-order valence-corrected chi connectivity index (χ0v) is 12.7. The largest absolute Gasteiger partial charge is 0.379 e. The minimum atomic E-state index is -0.917. The van der Waals surface area contributed by atoms with Crippen LogP contribution in [0.1, 0.15) is 12.0 Å². The summed E-state index contributed by atoms with van der Waals surface area (Å²) in [5.41, 5.74) is 1.09. The molecule has 0 saturated carbocycles. The van der Waals surface area contributed by atoms with E-state index in [1.54, 1.807) is 6.21 Å². The zero-order chi connectivity index (χ0) is 15.3. The van der Waals surface area contributed by atoms with Gasteiger partial charge in [0.2, 0.25) is 0 Å². The van der Waals surface area contributed by atoms with Crippen molar-refractivity contribution in [2.24, 2.45) is 4.99 Å². The van der Waals surface area contributed by atoms with Crippen molar-refractivity contribution in [3.8, 4) is 6.07 Å². The van der Waals surface area contributed by atoms with Crippen molar-refractivity contribution in [2.45, 2.75) is 18.4 Å². The van der Waals surface area contributed by atoms with Gasteiger partial charge in [0.1, 0.15) is 6.07 Å². The molecule has 1 aromatic rings. The van der Waals surface area contributed by atoms with E-state index in [-0.39, 0.29) is 0 Å². The first kappa shape index (κ1) is 15.2. The molecule has 2 heterocycles. The van der Waals surface area contributed by atoms with Crippen LogP contribution < -0.4 is 0 Å². The molecule has 2 aliphatic heterocycles. The molecular weight excluding hydrogens is 278 g/mol. The molecule has 1 fully saturated rings. The number of morpholine rings is 1. The van der Waals surface area contributed by atoms with Crippen molar-refractivity contribution in [3.05, 3.63) is 29.8 Å². The van der Waals surface area contributed by atoms with Crippen LogP contribution in [0.2, 0.25) is 0 Å². The molecule has 22 heavy (non-hydrogen) atoms. The van der Waals surface area contributed by atoms with Gasteiger partial charge in [0.05, 0.1) is 31.7 Å². The molecule has 1 unspecified atom stereocenters. The first-order valence-corrected chi connectivity index (χ1v) is 7.80. The van der Waals surface area contributed by atoms with Gasteiger partial charge in [-0.25, -0.2) is 0 Å². The fourth-order valence-electron chi connectivity index (χ4n) is 2.84. The van der Waals surface area contributed by atoms with Crippen LogP contribution >= 0.6 is 0 Å². The van der Waals surface area contributed by atoms with E-state index >= 15 is 0 Å². The quantitative estimate of drug-likeness (QED) is 0.780. The Morgan fingerprint density at radius 1 is 1.32 bits per heavy atom. The number of nitriles is 1. The van der Waals surface area contributed by atoms with E-state index in [0.717, 1.165) is 50.5 Å². The van der Waals surface area contributed by atoms with Crippen LogP contribution in [0.25, 0.3) is 0 Å². The van der Waals surface area contributed by atoms with Crippen LogP contribution in [0, 0.1) is 11.3 Å². The second kappa shape index (κ2) is 7.01. The molecule has 116 valence electrons. The molecule has 5 heteroatoms. The number of rotatable bonds is 5. The molecule has 1 saturated heterocycles. The van der Waals surface area contributed by atoms with Gasteiger partial charge >= 0.3 is 0 Å². The molecule has 5 nitrogen and oxygen atoms in total. The maximum Gasteiger partial charge on any atom is 0.193 e. The third-order valence-corrected chi connectivity index (χ3v) is 4.13. The number of nitrogens with zero attached hydrogens (tertiary/aromatic N) is 3. The lowest BCUT2D eigenvalue weighted by Gasteiger charge is -2.29. The molecular formula is C17H21N3O2. The van der Waals surface area contributed by atoms with Gasteiger partial charge in [-0.3, -0.25) is 9.89 Å². The average molecular weight is 299 g/mol. The Bertz CT molecular complexity index is 576. The first-order valence-electron chi connectivity index (χ1n) is 7.80. The summed E-state index contributed by atoms with van der Waals surface area (Å²) in [7, 11) is 0. The van der Waals surface area contributed by atoms with E-state index in [1.807, 2.05) is 24.3 Å². The molecule has 0 bridgehead atoms. The SMILES string of the molecule is N#CC1(OCCCN2CCOCC2)C=Nc2ccccc2C1. The lowest BCUT2D eigenvalue weighted by molar-refractivity contribution is 0.0196. The minimum Gasteiger partial charge on any atom is -0.379 e. The summed E-state index contributed by atoms with van der Waals surface area (Å²) in [6.07, 6.45) is 3.14. The summed E-state index contributed by atoms with van der Waals surface area (Å²) in [6, 6.07) is 10.2. The Morgan fingerprint density at radius 3 is 2.95 bits per heavy atom. The van der Waals surface area contributed by atoms with Crippen LogP contribution in [0.15, 0.2) is 29.3 Å². The van der Waals surface area contributed by atoms with Crippen molar-refractivity contribution in [2.75, 3.05) is 39.5 Å². The minimum absolute atomic E-state index is 0.569. The lowest BCUT2D eigenvalue weighted by atomic mass is 9.93. The molecule has 0 spiro atoms. The maximum absolute atomic E-state index is 9.52. The number of hydrogen-bond donors (Lipinski definition) is 0. The second-order valence-electron chi connectivity index (χ2n) is 5.72. The Kier molecular flexibility index (Phi) is 4.84. The fraction of sp³-hybridized carbons (Fsp3) is 0.529. The van der Waals surface area contributed by atoms with E-state index in [0.29, 0.717) is 13.0 Å². The van der Waals surface area contributed by atoms with Gasteiger partial charge in [0.25, 0.3) is 0 Å². The van der Waals surface area contributed by atoms with Gasteiger partial charge in [-0.2, -0.15) is 5.26 Å². The molecule has 0 aromatic heterocycles. The standard InChI is InChI=1S/C17H21N3O2/c18-13-17(12-15-4-1-2-5-16(15)19-14-17)22-9-3-6-20-7-10-21-11-8-20/h1-2,4-5,14H,3,6-12H2. The number of benzene rings is 1. The van der Waals surface area contributed by atoms with Gasteiger partial charge in [0.15, 0.2) is 5.60 Å². The number of fused-ring (bicyclic) bond motifs is 1. The highest BCUT2D eigenvalue weighted by atomic mass is 16.5. The summed E-state index contributed by atoms with van der Waals surface area (Å²) < 4.78 is 11.2. The van der Waals surface area contributed by atoms with E-state index in [1.165, 1.54) is 0 Å². The van der Waals surface area contributed by atoms with E-state index in [9.17, 15) is 5.26 Å². The highest BCUT2D eigenvalue weighted by Crippen LogP contribution is 2.29. The Hall–Kier alpha value is -1.74. The Balaban J connectivity index is 1.51. The van der Waals surface area contributed by atoms with Gasteiger partial charge in [-0.15, -0.1) is 0 Å². The van der Waals surface area contributed by atoms with Crippen molar-refractivity contribution in [1.29, 1.82) is 5.26 Å². The van der Waals surface area contributed by atoms with Crippen LogP contribution in [0.4, 0.5) is 5.69 Å². The zero-order valence-electron chi connectivity index (χ0n) is 12.7. The highest BCUT2D eigenvalue weighted by Gasteiger charge is 2.33. The molecule has 0 aliphatic carbocycles. The lowest BCUT2D eigenvalue weighted by Crippen LogP contribution is -2.39. The van der Waals surface area contributed by atoms with Crippen LogP contribution in [-0.4, -0.2) is 56.2 Å². The predicted molar refractivity (Wildman–Crippen MR) is 84.5 cm³/mol. The van der Waals surface area contributed by atoms with Crippen molar-refractivity contribution >= 4 is 11.9 Å². The van der Waals surface area contributed by atoms with Crippen LogP contribution in [0.3, 0.4) is 0 Å². The van der Waals surface area contributed by atoms with Crippen molar-refractivity contribution in [3.63, 3.8) is 0 Å². The first-order chi connectivity index (χ1) is 10.8. The molecule has 0 N–H and O–H groups in total. The monoisotopic (exact) mass is 299 g/mol. The molecule has 0 amide bonds. The van der Waals surface area contributed by atoms with Gasteiger partial charge in [-0.05, 0) is 18.1 Å². The smallest absolute Gasteiger partial charge is 0.193 e. The third kappa shape index (κ3) is 3.53. The summed E-state index contributed by atoms with van der Waals surface area (Å²) in [4.78, 5) is 6.76. The number of ether oxygens (including phenoxy) is 2. The summed E-state index contributed by atoms with van der Waals surface area (Å²) >= 11 is 0. The fourth-order valence-corrected chi connectivity index (χ4v) is 2.84. The van der Waals surface area contributed by atoms with Crippen LogP contribution in [-0.2, 0) is 15.9 Å². The third-order valence-electron chi connectivity index (χ3n) is 4.13. The topological polar surface area (TPSA) is 57.8 Å². The maximum atomic E-state index is 9.52. The Morgan fingerprint density at radius 2 is 2.14 bits per heavy atom. The predicted octanol–water partition coefficient (Wildman–Crippen LogP) is 1.95. The summed E-state index contributed by atoms with van der Waals surface area (Å²) in [5, 5.41) is 9.52. The number of para-hydroxylation sites is 1. The van der Waals surface area contributed by atoms with Crippen molar-refractivity contribution in [1.82, 2.24) is 4.90 Å². The molecule has 1 aromatic carbocycles. The summed E-state index contributed by atoms with van der Waals surface area (Å²) in [6.45, 7) is 5.15. The number of aliphatic imine (C=N–C) groups is 1. The number of hydrogen-bond acceptors (Lipinski definition) is 5. The molecule has 0 radical (unpaired) electrons. The molecule has 2 aliphatic rings. The van der Waals surface area contributed by atoms with E-state index in [2.05, 4.69) is 16.0 Å². The van der Waals surface area contributed by atoms with Gasteiger partial charge in [-0.1, -0.05) is 18.2 Å². The molecule has 3 rings (SSSR count). The second-order valence-corrected chi connectivity index (χ2v) is 5.72. The van der Waals surface area contributed by atoms with Crippen LogP contribution in [0.5, 0.6) is 0 Å². The van der Waals surface area contributed by atoms with Gasteiger partial charge in [0, 0.05) is 26.1 Å². The normalized spacial score (nSPS) is 24.7. The molecule has 1 atom stereocenters. The van der Waals surface area contributed by atoms with E-state index in [4.69, 9.17) is 9.47 Å². The Labute approximate surface area is 131 Å². The van der Waals surface area contributed by atoms with Crippen molar-refractivity contribution < 1.29 is 9.47 Å². The highest BCUT2D eigenvalue weighted by molar-refractivity contribution is 5.80. The summed E-state index contributed by atoms with van der Waals surface area (Å²) in [5.74, 6) is 0. The average Bonchev–Trinajstić information content (AvgIpc) is 2.59. The van der Waals surface area contributed by atoms with E-state index < -0.39 is 5.60 Å².